The van der Waals surface area contributed by atoms with Crippen molar-refractivity contribution in [2.45, 2.75) is 27.2 Å². The Balaban J connectivity index is 3.02. The lowest BCUT2D eigenvalue weighted by Crippen LogP contribution is -2.15. The average Bonchev–Trinajstić information content (AvgIpc) is 2.26. The van der Waals surface area contributed by atoms with Gasteiger partial charge in [-0.3, -0.25) is 10.1 Å². The first kappa shape index (κ1) is 14.9. The van der Waals surface area contributed by atoms with Gasteiger partial charge in [-0.15, -0.1) is 0 Å². The van der Waals surface area contributed by atoms with Crippen LogP contribution in [-0.4, -0.2) is 22.5 Å². The third kappa shape index (κ3) is 4.24. The van der Waals surface area contributed by atoms with Crippen LogP contribution in [0.5, 0.6) is 0 Å². The maximum absolute atomic E-state index is 11.1. The zero-order chi connectivity index (χ0) is 14.6. The van der Waals surface area contributed by atoms with E-state index in [-0.39, 0.29) is 22.4 Å². The number of nitro groups is 1. The first-order valence-electron chi connectivity index (χ1n) is 5.97. The summed E-state index contributed by atoms with van der Waals surface area (Å²) in [6, 6.07) is 4.02. The van der Waals surface area contributed by atoms with Crippen LogP contribution in [0, 0.1) is 15.5 Å². The van der Waals surface area contributed by atoms with Crippen molar-refractivity contribution < 1.29 is 14.8 Å². The summed E-state index contributed by atoms with van der Waals surface area (Å²) in [6.07, 6.45) is 0.776. The molecule has 0 aliphatic rings. The second kappa shape index (κ2) is 5.69. The van der Waals surface area contributed by atoms with Crippen molar-refractivity contribution in [1.29, 1.82) is 0 Å². The summed E-state index contributed by atoms with van der Waals surface area (Å²) in [5.74, 6) is -1.18. The van der Waals surface area contributed by atoms with Crippen molar-refractivity contribution in [3.8, 4) is 0 Å². The highest BCUT2D eigenvalue weighted by Gasteiger charge is 2.21. The molecule has 0 heterocycles. The largest absolute Gasteiger partial charge is 0.478 e. The number of carbonyl (C=O) groups is 1. The second-order valence-corrected chi connectivity index (χ2v) is 5.50. The number of carboxylic acid groups (broad SMARTS) is 1. The summed E-state index contributed by atoms with van der Waals surface area (Å²) in [6.45, 7) is 6.62. The van der Waals surface area contributed by atoms with Crippen LogP contribution in [0.15, 0.2) is 18.2 Å². The molecule has 0 atom stereocenters. The maximum Gasteiger partial charge on any atom is 0.338 e. The number of nitrogens with zero attached hydrogens (tertiary/aromatic N) is 1. The molecule has 0 spiro atoms. The number of nitro benzene ring substituents is 1. The van der Waals surface area contributed by atoms with E-state index in [0.717, 1.165) is 6.42 Å². The monoisotopic (exact) mass is 266 g/mol. The fourth-order valence-corrected chi connectivity index (χ4v) is 1.62. The second-order valence-electron chi connectivity index (χ2n) is 5.50. The van der Waals surface area contributed by atoms with Crippen LogP contribution >= 0.6 is 0 Å². The van der Waals surface area contributed by atoms with Gasteiger partial charge in [0.05, 0.1) is 10.5 Å². The maximum atomic E-state index is 11.1. The smallest absolute Gasteiger partial charge is 0.338 e. The number of nitrogens with one attached hydrogen (secondary N) is 1. The summed E-state index contributed by atoms with van der Waals surface area (Å²) >= 11 is 0. The van der Waals surface area contributed by atoms with Crippen molar-refractivity contribution >= 4 is 17.3 Å². The van der Waals surface area contributed by atoms with Crippen LogP contribution in [0.4, 0.5) is 11.4 Å². The van der Waals surface area contributed by atoms with E-state index in [1.54, 1.807) is 0 Å². The summed E-state index contributed by atoms with van der Waals surface area (Å²) in [4.78, 5) is 21.4. The quantitative estimate of drug-likeness (QED) is 0.630. The molecule has 1 rings (SSSR count). The summed E-state index contributed by atoms with van der Waals surface area (Å²) < 4.78 is 0. The molecule has 6 heteroatoms. The molecule has 2 N–H and O–H groups in total. The first-order chi connectivity index (χ1) is 8.72. The van der Waals surface area contributed by atoms with Crippen molar-refractivity contribution in [1.82, 2.24) is 0 Å². The fourth-order valence-electron chi connectivity index (χ4n) is 1.62. The number of hydrogen-bond acceptors (Lipinski definition) is 4. The van der Waals surface area contributed by atoms with Crippen molar-refractivity contribution in [2.75, 3.05) is 11.9 Å². The molecular formula is C13H18N2O4. The fraction of sp³-hybridized carbons (Fsp3) is 0.462. The zero-order valence-corrected chi connectivity index (χ0v) is 11.3. The lowest BCUT2D eigenvalue weighted by atomic mass is 9.92. The van der Waals surface area contributed by atoms with Crippen LogP contribution < -0.4 is 5.32 Å². The molecular weight excluding hydrogens is 248 g/mol. The topological polar surface area (TPSA) is 92.5 Å². The van der Waals surface area contributed by atoms with Gasteiger partial charge in [-0.05, 0) is 17.9 Å². The van der Waals surface area contributed by atoms with Gasteiger partial charge >= 0.3 is 5.97 Å². The van der Waals surface area contributed by atoms with E-state index in [9.17, 15) is 14.9 Å². The number of rotatable bonds is 5. The van der Waals surface area contributed by atoms with Gasteiger partial charge in [-0.2, -0.15) is 0 Å². The molecule has 1 aromatic carbocycles. The highest BCUT2D eigenvalue weighted by atomic mass is 16.6. The predicted octanol–water partition coefficient (Wildman–Crippen LogP) is 3.14. The highest BCUT2D eigenvalue weighted by molar-refractivity contribution is 5.96. The molecule has 0 aliphatic carbocycles. The number of benzene rings is 1. The SMILES string of the molecule is CC(C)(C)CCNc1c(C(=O)O)cccc1[N+](=O)[O-]. The molecule has 19 heavy (non-hydrogen) atoms. The molecule has 0 unspecified atom stereocenters. The Morgan fingerprint density at radius 2 is 2.05 bits per heavy atom. The Morgan fingerprint density at radius 1 is 1.42 bits per heavy atom. The molecule has 104 valence electrons. The molecule has 0 amide bonds. The summed E-state index contributed by atoms with van der Waals surface area (Å²) in [5.41, 5.74) is -0.152. The van der Waals surface area contributed by atoms with Crippen molar-refractivity contribution in [2.24, 2.45) is 5.41 Å². The standard InChI is InChI=1S/C13H18N2O4/c1-13(2,3)7-8-14-11-9(12(16)17)5-4-6-10(11)15(18)19/h4-6,14H,7-8H2,1-3H3,(H,16,17). The van der Waals surface area contributed by atoms with Gasteiger partial charge in [0.2, 0.25) is 0 Å². The minimum Gasteiger partial charge on any atom is -0.478 e. The number of aromatic carboxylic acids is 1. The Labute approximate surface area is 111 Å². The zero-order valence-electron chi connectivity index (χ0n) is 11.3. The van der Waals surface area contributed by atoms with Gasteiger partial charge in [-0.25, -0.2) is 4.79 Å². The van der Waals surface area contributed by atoms with E-state index >= 15 is 0 Å². The normalized spacial score (nSPS) is 11.1. The molecule has 0 fully saturated rings. The number of hydrogen-bond donors (Lipinski definition) is 2. The van der Waals surface area contributed by atoms with E-state index < -0.39 is 10.9 Å². The number of para-hydroxylation sites is 1. The third-order valence-corrected chi connectivity index (χ3v) is 2.65. The average molecular weight is 266 g/mol. The van der Waals surface area contributed by atoms with E-state index in [1.807, 2.05) is 20.8 Å². The van der Waals surface area contributed by atoms with Crippen LogP contribution in [-0.2, 0) is 0 Å². The molecule has 0 saturated heterocycles. The first-order valence-corrected chi connectivity index (χ1v) is 5.97. The molecule has 0 aliphatic heterocycles. The lowest BCUT2D eigenvalue weighted by molar-refractivity contribution is -0.384. The molecule has 6 nitrogen and oxygen atoms in total. The van der Waals surface area contributed by atoms with Crippen molar-refractivity contribution in [3.63, 3.8) is 0 Å². The summed E-state index contributed by atoms with van der Waals surface area (Å²) in [7, 11) is 0. The van der Waals surface area contributed by atoms with Gasteiger partial charge in [0.1, 0.15) is 5.69 Å². The van der Waals surface area contributed by atoms with Gasteiger partial charge in [0, 0.05) is 12.6 Å². The Hall–Kier alpha value is -2.11. The van der Waals surface area contributed by atoms with Crippen LogP contribution in [0.2, 0.25) is 0 Å². The van der Waals surface area contributed by atoms with Crippen molar-refractivity contribution in [3.05, 3.63) is 33.9 Å². The highest BCUT2D eigenvalue weighted by Crippen LogP contribution is 2.29. The van der Waals surface area contributed by atoms with Gasteiger partial charge in [0.25, 0.3) is 5.69 Å². The van der Waals surface area contributed by atoms with E-state index in [1.165, 1.54) is 18.2 Å². The Bertz CT molecular complexity index is 460. The van der Waals surface area contributed by atoms with E-state index in [4.69, 9.17) is 5.11 Å². The van der Waals surface area contributed by atoms with Crippen LogP contribution in [0.1, 0.15) is 37.6 Å². The van der Waals surface area contributed by atoms with Crippen LogP contribution in [0.25, 0.3) is 0 Å². The summed E-state index contributed by atoms with van der Waals surface area (Å²) in [5, 5.41) is 22.9. The molecule has 0 radical (unpaired) electrons. The van der Waals surface area contributed by atoms with Gasteiger partial charge in [0.15, 0.2) is 0 Å². The van der Waals surface area contributed by atoms with Crippen LogP contribution in [0.3, 0.4) is 0 Å². The molecule has 0 saturated carbocycles. The minimum atomic E-state index is -1.18. The molecule has 0 bridgehead atoms. The van der Waals surface area contributed by atoms with Gasteiger partial charge in [-0.1, -0.05) is 26.8 Å². The van der Waals surface area contributed by atoms with E-state index in [2.05, 4.69) is 5.32 Å². The molecule has 0 aromatic heterocycles. The third-order valence-electron chi connectivity index (χ3n) is 2.65. The lowest BCUT2D eigenvalue weighted by Gasteiger charge is -2.19. The van der Waals surface area contributed by atoms with Gasteiger partial charge < -0.3 is 10.4 Å². The number of anilines is 1. The predicted molar refractivity (Wildman–Crippen MR) is 72.6 cm³/mol. The molecule has 1 aromatic rings. The Kier molecular flexibility index (Phi) is 4.47. The van der Waals surface area contributed by atoms with E-state index in [0.29, 0.717) is 6.54 Å². The number of carboxylic acids is 1. The Morgan fingerprint density at radius 3 is 2.53 bits per heavy atom. The minimum absolute atomic E-state index is 0.0694.